The van der Waals surface area contributed by atoms with Crippen LogP contribution in [0.25, 0.3) is 10.9 Å². The van der Waals surface area contributed by atoms with E-state index in [4.69, 9.17) is 5.73 Å². The van der Waals surface area contributed by atoms with Crippen LogP contribution in [0.5, 0.6) is 0 Å². The number of nitrogens with two attached hydrogens (primary N) is 1. The average molecular weight is 241 g/mol. The highest BCUT2D eigenvalue weighted by atomic mass is 15.1. The smallest absolute Gasteiger partial charge is 0.127 e. The Morgan fingerprint density at radius 1 is 1.17 bits per heavy atom. The molecule has 3 heteroatoms. The Hall–Kier alpha value is -1.61. The maximum atomic E-state index is 6.04. The van der Waals surface area contributed by atoms with Crippen molar-refractivity contribution in [2.45, 2.75) is 19.3 Å². The van der Waals surface area contributed by atoms with Crippen LogP contribution in [0.1, 0.15) is 18.4 Å². The van der Waals surface area contributed by atoms with Gasteiger partial charge in [0.05, 0.1) is 5.52 Å². The van der Waals surface area contributed by atoms with Crippen molar-refractivity contribution in [3.8, 4) is 0 Å². The summed E-state index contributed by atoms with van der Waals surface area (Å²) in [6.07, 6.45) is 3.68. The van der Waals surface area contributed by atoms with Gasteiger partial charge in [-0.3, -0.25) is 0 Å². The molecule has 2 aromatic rings. The third-order valence-electron chi connectivity index (χ3n) is 3.73. The first-order chi connectivity index (χ1) is 8.83. The molecule has 0 bridgehead atoms. The fraction of sp³-hybridized carbons (Fsp3) is 0.400. The SMILES string of the molecule is Nc1nc2ccccc2cc1CCN1CCCC1. The number of likely N-dealkylation sites (tertiary alicyclic amines) is 1. The van der Waals surface area contributed by atoms with Crippen LogP contribution in [0.3, 0.4) is 0 Å². The molecule has 1 aliphatic rings. The second-order valence-electron chi connectivity index (χ2n) is 5.02. The molecule has 0 unspecified atom stereocenters. The number of anilines is 1. The van der Waals surface area contributed by atoms with Crippen molar-refractivity contribution >= 4 is 16.7 Å². The van der Waals surface area contributed by atoms with E-state index < -0.39 is 0 Å². The highest BCUT2D eigenvalue weighted by Crippen LogP contribution is 2.19. The van der Waals surface area contributed by atoms with Gasteiger partial charge < -0.3 is 10.6 Å². The monoisotopic (exact) mass is 241 g/mol. The maximum Gasteiger partial charge on any atom is 0.127 e. The predicted molar refractivity (Wildman–Crippen MR) is 75.5 cm³/mol. The van der Waals surface area contributed by atoms with E-state index in [1.165, 1.54) is 36.9 Å². The summed E-state index contributed by atoms with van der Waals surface area (Å²) in [4.78, 5) is 6.99. The average Bonchev–Trinajstić information content (AvgIpc) is 2.89. The van der Waals surface area contributed by atoms with Gasteiger partial charge in [0.1, 0.15) is 5.82 Å². The normalized spacial score (nSPS) is 16.4. The van der Waals surface area contributed by atoms with Crippen LogP contribution in [0, 0.1) is 0 Å². The van der Waals surface area contributed by atoms with Gasteiger partial charge in [0, 0.05) is 11.9 Å². The van der Waals surface area contributed by atoms with Gasteiger partial charge in [-0.25, -0.2) is 4.98 Å². The largest absolute Gasteiger partial charge is 0.383 e. The molecule has 1 aliphatic heterocycles. The first-order valence-electron chi connectivity index (χ1n) is 6.69. The predicted octanol–water partition coefficient (Wildman–Crippen LogP) is 2.46. The van der Waals surface area contributed by atoms with Crippen molar-refractivity contribution in [1.29, 1.82) is 0 Å². The topological polar surface area (TPSA) is 42.1 Å². The van der Waals surface area contributed by atoms with Gasteiger partial charge >= 0.3 is 0 Å². The van der Waals surface area contributed by atoms with E-state index in [-0.39, 0.29) is 0 Å². The highest BCUT2D eigenvalue weighted by molar-refractivity contribution is 5.81. The minimum atomic E-state index is 0.688. The number of benzene rings is 1. The standard InChI is InChI=1S/C15H19N3/c16-15-13(7-10-18-8-3-4-9-18)11-12-5-1-2-6-14(12)17-15/h1-2,5-6,11H,3-4,7-10H2,(H2,16,17). The lowest BCUT2D eigenvalue weighted by Crippen LogP contribution is -2.22. The van der Waals surface area contributed by atoms with Crippen molar-refractivity contribution in [1.82, 2.24) is 9.88 Å². The zero-order valence-electron chi connectivity index (χ0n) is 10.6. The molecule has 1 aromatic carbocycles. The lowest BCUT2D eigenvalue weighted by molar-refractivity contribution is 0.343. The Balaban J connectivity index is 1.80. The molecule has 18 heavy (non-hydrogen) atoms. The van der Waals surface area contributed by atoms with Crippen molar-refractivity contribution in [3.63, 3.8) is 0 Å². The number of fused-ring (bicyclic) bond motifs is 1. The highest BCUT2D eigenvalue weighted by Gasteiger charge is 2.12. The number of aromatic nitrogens is 1. The van der Waals surface area contributed by atoms with E-state index in [0.29, 0.717) is 5.82 Å². The van der Waals surface area contributed by atoms with E-state index in [1.807, 2.05) is 18.2 Å². The second kappa shape index (κ2) is 4.94. The lowest BCUT2D eigenvalue weighted by atomic mass is 10.1. The van der Waals surface area contributed by atoms with Crippen molar-refractivity contribution in [3.05, 3.63) is 35.9 Å². The molecule has 0 spiro atoms. The Bertz CT molecular complexity index is 544. The van der Waals surface area contributed by atoms with Gasteiger partial charge in [0.25, 0.3) is 0 Å². The van der Waals surface area contributed by atoms with Crippen LogP contribution >= 0.6 is 0 Å². The fourth-order valence-electron chi connectivity index (χ4n) is 2.66. The van der Waals surface area contributed by atoms with E-state index in [1.54, 1.807) is 0 Å². The minimum Gasteiger partial charge on any atom is -0.383 e. The second-order valence-corrected chi connectivity index (χ2v) is 5.02. The third-order valence-corrected chi connectivity index (χ3v) is 3.73. The van der Waals surface area contributed by atoms with E-state index >= 15 is 0 Å². The molecule has 1 saturated heterocycles. The molecule has 94 valence electrons. The maximum absolute atomic E-state index is 6.04. The molecular weight excluding hydrogens is 222 g/mol. The van der Waals surface area contributed by atoms with Gasteiger partial charge in [0.2, 0.25) is 0 Å². The Kier molecular flexibility index (Phi) is 3.15. The quantitative estimate of drug-likeness (QED) is 0.897. The van der Waals surface area contributed by atoms with E-state index in [2.05, 4.69) is 22.0 Å². The molecule has 2 heterocycles. The number of hydrogen-bond donors (Lipinski definition) is 1. The first-order valence-corrected chi connectivity index (χ1v) is 6.69. The summed E-state index contributed by atoms with van der Waals surface area (Å²) in [6, 6.07) is 10.3. The summed E-state index contributed by atoms with van der Waals surface area (Å²) in [5.74, 6) is 0.688. The summed E-state index contributed by atoms with van der Waals surface area (Å²) in [5.41, 5.74) is 8.21. The van der Waals surface area contributed by atoms with Crippen molar-refractivity contribution in [2.75, 3.05) is 25.4 Å². The number of nitrogen functional groups attached to an aromatic ring is 1. The molecule has 0 aliphatic carbocycles. The Morgan fingerprint density at radius 2 is 1.94 bits per heavy atom. The van der Waals surface area contributed by atoms with Crippen LogP contribution < -0.4 is 5.73 Å². The van der Waals surface area contributed by atoms with Gasteiger partial charge in [-0.1, -0.05) is 18.2 Å². The van der Waals surface area contributed by atoms with Gasteiger partial charge in [0.15, 0.2) is 0 Å². The molecule has 0 saturated carbocycles. The molecule has 2 N–H and O–H groups in total. The lowest BCUT2D eigenvalue weighted by Gasteiger charge is -2.15. The van der Waals surface area contributed by atoms with Crippen molar-refractivity contribution in [2.24, 2.45) is 0 Å². The summed E-state index contributed by atoms with van der Waals surface area (Å²) in [5, 5.41) is 1.18. The molecule has 0 radical (unpaired) electrons. The molecule has 3 nitrogen and oxygen atoms in total. The zero-order valence-corrected chi connectivity index (χ0v) is 10.6. The molecular formula is C15H19N3. The summed E-state index contributed by atoms with van der Waals surface area (Å²) < 4.78 is 0. The number of para-hydroxylation sites is 1. The van der Waals surface area contributed by atoms with Crippen molar-refractivity contribution < 1.29 is 0 Å². The summed E-state index contributed by atoms with van der Waals surface area (Å²) in [6.45, 7) is 3.58. The Morgan fingerprint density at radius 3 is 2.78 bits per heavy atom. The number of hydrogen-bond acceptors (Lipinski definition) is 3. The van der Waals surface area contributed by atoms with E-state index in [9.17, 15) is 0 Å². The number of rotatable bonds is 3. The zero-order chi connectivity index (χ0) is 12.4. The van der Waals surface area contributed by atoms with Gasteiger partial charge in [-0.2, -0.15) is 0 Å². The van der Waals surface area contributed by atoms with Crippen LogP contribution in [-0.4, -0.2) is 29.5 Å². The summed E-state index contributed by atoms with van der Waals surface area (Å²) >= 11 is 0. The summed E-state index contributed by atoms with van der Waals surface area (Å²) in [7, 11) is 0. The van der Waals surface area contributed by atoms with Crippen LogP contribution in [0.4, 0.5) is 5.82 Å². The molecule has 0 atom stereocenters. The fourth-order valence-corrected chi connectivity index (χ4v) is 2.66. The van der Waals surface area contributed by atoms with Crippen LogP contribution in [0.2, 0.25) is 0 Å². The first kappa shape index (κ1) is 11.5. The molecule has 3 rings (SSSR count). The van der Waals surface area contributed by atoms with Crippen LogP contribution in [0.15, 0.2) is 30.3 Å². The number of pyridine rings is 1. The van der Waals surface area contributed by atoms with E-state index in [0.717, 1.165) is 18.5 Å². The van der Waals surface area contributed by atoms with Crippen LogP contribution in [-0.2, 0) is 6.42 Å². The van der Waals surface area contributed by atoms with Gasteiger partial charge in [-0.15, -0.1) is 0 Å². The molecule has 1 aromatic heterocycles. The van der Waals surface area contributed by atoms with Gasteiger partial charge in [-0.05, 0) is 50.0 Å². The molecule has 0 amide bonds. The number of nitrogens with zero attached hydrogens (tertiary/aromatic N) is 2. The molecule has 1 fully saturated rings. The Labute approximate surface area is 108 Å². The minimum absolute atomic E-state index is 0.688. The third kappa shape index (κ3) is 2.31.